The molecule has 14 heteroatoms. The number of amides is 2. The van der Waals surface area contributed by atoms with Crippen LogP contribution in [0, 0.1) is 10.1 Å². The quantitative estimate of drug-likeness (QED) is 0.436. The van der Waals surface area contributed by atoms with Gasteiger partial charge in [0.1, 0.15) is 0 Å². The van der Waals surface area contributed by atoms with Crippen LogP contribution in [0.1, 0.15) is 16.2 Å². The third kappa shape index (κ3) is 5.16. The molecule has 2 aromatic rings. The number of hydrazine groups is 1. The maximum atomic E-state index is 12.6. The molecule has 1 aromatic carbocycles. The zero-order valence-corrected chi connectivity index (χ0v) is 14.3. The Labute approximate surface area is 153 Å². The molecule has 2 N–H and O–H groups in total. The minimum absolute atomic E-state index is 0.0553. The number of alkyl halides is 3. The van der Waals surface area contributed by atoms with E-state index in [1.54, 1.807) is 0 Å². The number of rotatable bonds is 5. The smallest absolute Gasteiger partial charge is 0.302 e. The van der Waals surface area contributed by atoms with Crippen LogP contribution >= 0.6 is 11.8 Å². The van der Waals surface area contributed by atoms with Crippen molar-refractivity contribution in [2.24, 2.45) is 7.05 Å². The van der Waals surface area contributed by atoms with Crippen molar-refractivity contribution in [3.8, 4) is 0 Å². The van der Waals surface area contributed by atoms with Gasteiger partial charge in [-0.05, 0) is 6.07 Å². The topological polar surface area (TPSA) is 132 Å². The average Bonchev–Trinajstić information content (AvgIpc) is 2.98. The van der Waals surface area contributed by atoms with E-state index in [2.05, 4.69) is 10.2 Å². The molecule has 0 saturated heterocycles. The van der Waals surface area contributed by atoms with E-state index < -0.39 is 28.7 Å². The second-order valence-electron chi connectivity index (χ2n) is 4.96. The first-order chi connectivity index (χ1) is 12.6. The van der Waals surface area contributed by atoms with Gasteiger partial charge >= 0.3 is 6.18 Å². The monoisotopic (exact) mass is 404 g/mol. The first kappa shape index (κ1) is 20.2. The summed E-state index contributed by atoms with van der Waals surface area (Å²) in [5.74, 6) is -3.08. The van der Waals surface area contributed by atoms with Gasteiger partial charge in [0.25, 0.3) is 11.6 Å². The van der Waals surface area contributed by atoms with E-state index in [-0.39, 0.29) is 22.2 Å². The Hall–Kier alpha value is -3.16. The van der Waals surface area contributed by atoms with E-state index in [4.69, 9.17) is 0 Å². The second kappa shape index (κ2) is 8.03. The third-order valence-corrected chi connectivity index (χ3v) is 4.08. The zero-order valence-electron chi connectivity index (χ0n) is 13.5. The number of aromatic nitrogens is 3. The molecule has 0 saturated carbocycles. The third-order valence-electron chi connectivity index (χ3n) is 3.06. The first-order valence-corrected chi connectivity index (χ1v) is 8.01. The molecule has 0 spiro atoms. The minimum Gasteiger partial charge on any atom is -0.302 e. The molecular formula is C13H11F3N6O4S. The van der Waals surface area contributed by atoms with E-state index in [9.17, 15) is 32.9 Å². The highest BCUT2D eigenvalue weighted by atomic mass is 32.2. The van der Waals surface area contributed by atoms with Gasteiger partial charge < -0.3 is 4.57 Å². The SMILES string of the molecule is Cn1c(SCC(=O)NNC(=O)c2cccc([N+](=O)[O-])c2)nnc1C(F)(F)F. The van der Waals surface area contributed by atoms with Crippen molar-refractivity contribution >= 4 is 29.3 Å². The lowest BCUT2D eigenvalue weighted by molar-refractivity contribution is -0.384. The molecule has 10 nitrogen and oxygen atoms in total. The maximum absolute atomic E-state index is 12.6. The molecule has 2 rings (SSSR count). The fourth-order valence-electron chi connectivity index (χ4n) is 1.81. The summed E-state index contributed by atoms with van der Waals surface area (Å²) in [6, 6.07) is 4.83. The molecule has 144 valence electrons. The van der Waals surface area contributed by atoms with E-state index >= 15 is 0 Å². The number of thioether (sulfide) groups is 1. The Morgan fingerprint density at radius 3 is 2.59 bits per heavy atom. The summed E-state index contributed by atoms with van der Waals surface area (Å²) in [5.41, 5.74) is 3.74. The van der Waals surface area contributed by atoms with Crippen molar-refractivity contribution in [1.82, 2.24) is 25.6 Å². The van der Waals surface area contributed by atoms with Crippen molar-refractivity contribution in [2.75, 3.05) is 5.75 Å². The van der Waals surface area contributed by atoms with Crippen LogP contribution in [0.3, 0.4) is 0 Å². The molecule has 0 atom stereocenters. The number of benzene rings is 1. The molecule has 27 heavy (non-hydrogen) atoms. The maximum Gasteiger partial charge on any atom is 0.451 e. The predicted molar refractivity (Wildman–Crippen MR) is 85.4 cm³/mol. The highest BCUT2D eigenvalue weighted by Gasteiger charge is 2.37. The van der Waals surface area contributed by atoms with Crippen molar-refractivity contribution < 1.29 is 27.7 Å². The number of hydrogen-bond donors (Lipinski definition) is 2. The van der Waals surface area contributed by atoms with Gasteiger partial charge in [-0.2, -0.15) is 13.2 Å². The van der Waals surface area contributed by atoms with Gasteiger partial charge in [-0.1, -0.05) is 17.8 Å². The summed E-state index contributed by atoms with van der Waals surface area (Å²) in [4.78, 5) is 33.6. The van der Waals surface area contributed by atoms with Gasteiger partial charge in [0.15, 0.2) is 5.16 Å². The molecule has 0 aliphatic heterocycles. The molecule has 0 fully saturated rings. The van der Waals surface area contributed by atoms with Crippen LogP contribution in [0.5, 0.6) is 0 Å². The molecule has 0 unspecified atom stereocenters. The highest BCUT2D eigenvalue weighted by molar-refractivity contribution is 7.99. The number of nitro benzene ring substituents is 1. The van der Waals surface area contributed by atoms with Crippen molar-refractivity contribution in [3.63, 3.8) is 0 Å². The zero-order chi connectivity index (χ0) is 20.2. The molecule has 2 amide bonds. The lowest BCUT2D eigenvalue weighted by atomic mass is 10.2. The standard InChI is InChI=1S/C13H11F3N6O4S/c1-21-11(13(14,15)16)19-20-12(21)27-6-9(23)17-18-10(24)7-3-2-4-8(5-7)22(25)26/h2-5H,6H2,1H3,(H,17,23)(H,18,24). The fourth-order valence-corrected chi connectivity index (χ4v) is 2.52. The molecule has 0 radical (unpaired) electrons. The summed E-state index contributed by atoms with van der Waals surface area (Å²) in [6.07, 6.45) is -4.67. The number of halogens is 3. The van der Waals surface area contributed by atoms with Crippen LogP contribution in [0.15, 0.2) is 29.4 Å². The van der Waals surface area contributed by atoms with E-state index in [0.717, 1.165) is 13.1 Å². The summed E-state index contributed by atoms with van der Waals surface area (Å²) in [6.45, 7) is 0. The lowest BCUT2D eigenvalue weighted by Crippen LogP contribution is -2.42. The van der Waals surface area contributed by atoms with E-state index in [1.807, 2.05) is 10.9 Å². The normalized spacial score (nSPS) is 11.1. The van der Waals surface area contributed by atoms with Crippen LogP contribution in [0.25, 0.3) is 0 Å². The summed E-state index contributed by atoms with van der Waals surface area (Å²) >= 11 is 0.683. The molecule has 1 heterocycles. The van der Waals surface area contributed by atoms with Crippen molar-refractivity contribution in [2.45, 2.75) is 11.3 Å². The number of non-ortho nitro benzene ring substituents is 1. The second-order valence-corrected chi connectivity index (χ2v) is 5.90. The molecule has 1 aromatic heterocycles. The number of carbonyl (C=O) groups excluding carboxylic acids is 2. The van der Waals surface area contributed by atoms with Crippen molar-refractivity contribution in [3.05, 3.63) is 45.8 Å². The molecule has 0 aliphatic rings. The Kier molecular flexibility index (Phi) is 5.99. The number of carbonyl (C=O) groups is 2. The Morgan fingerprint density at radius 2 is 2.00 bits per heavy atom. The van der Waals surface area contributed by atoms with Crippen LogP contribution in [0.4, 0.5) is 18.9 Å². The van der Waals surface area contributed by atoms with Gasteiger partial charge in [-0.25, -0.2) is 0 Å². The van der Waals surface area contributed by atoms with Gasteiger partial charge in [0, 0.05) is 24.7 Å². The Balaban J connectivity index is 1.88. The number of nitro groups is 1. The largest absolute Gasteiger partial charge is 0.451 e. The number of nitrogens with zero attached hydrogens (tertiary/aromatic N) is 4. The van der Waals surface area contributed by atoms with E-state index in [0.29, 0.717) is 16.3 Å². The van der Waals surface area contributed by atoms with Crippen LogP contribution in [-0.4, -0.2) is 37.3 Å². The fraction of sp³-hybridized carbons (Fsp3) is 0.231. The lowest BCUT2D eigenvalue weighted by Gasteiger charge is -2.08. The Morgan fingerprint density at radius 1 is 1.30 bits per heavy atom. The average molecular weight is 404 g/mol. The van der Waals surface area contributed by atoms with Gasteiger partial charge in [-0.15, -0.1) is 10.2 Å². The van der Waals surface area contributed by atoms with Gasteiger partial charge in [0.05, 0.1) is 10.7 Å². The van der Waals surface area contributed by atoms with Crippen LogP contribution in [-0.2, 0) is 18.0 Å². The first-order valence-electron chi connectivity index (χ1n) is 7.02. The predicted octanol–water partition coefficient (Wildman–Crippen LogP) is 1.30. The molecular weight excluding hydrogens is 393 g/mol. The summed E-state index contributed by atoms with van der Waals surface area (Å²) < 4.78 is 38.5. The van der Waals surface area contributed by atoms with E-state index in [1.165, 1.54) is 18.2 Å². The van der Waals surface area contributed by atoms with Crippen molar-refractivity contribution in [1.29, 1.82) is 0 Å². The molecule has 0 bridgehead atoms. The van der Waals surface area contributed by atoms with Gasteiger partial charge in [-0.3, -0.25) is 30.6 Å². The summed E-state index contributed by atoms with van der Waals surface area (Å²) in [7, 11) is 1.10. The number of nitrogens with one attached hydrogen (secondary N) is 2. The minimum atomic E-state index is -4.67. The van der Waals surface area contributed by atoms with Crippen LogP contribution < -0.4 is 10.9 Å². The number of hydrogen-bond acceptors (Lipinski definition) is 7. The molecule has 0 aliphatic carbocycles. The Bertz CT molecular complexity index is 885. The summed E-state index contributed by atoms with van der Waals surface area (Å²) in [5, 5.41) is 16.9. The van der Waals surface area contributed by atoms with Gasteiger partial charge in [0.2, 0.25) is 11.7 Å². The van der Waals surface area contributed by atoms with Crippen LogP contribution in [0.2, 0.25) is 0 Å². The highest BCUT2D eigenvalue weighted by Crippen LogP contribution is 2.29.